The van der Waals surface area contributed by atoms with E-state index in [2.05, 4.69) is 26.8 Å². The van der Waals surface area contributed by atoms with Gasteiger partial charge >= 0.3 is 0 Å². The first-order valence-electron chi connectivity index (χ1n) is 7.09. The van der Waals surface area contributed by atoms with Gasteiger partial charge in [-0.3, -0.25) is 0 Å². The highest BCUT2D eigenvalue weighted by Gasteiger charge is 2.38. The van der Waals surface area contributed by atoms with E-state index in [0.29, 0.717) is 0 Å². The fourth-order valence-electron chi connectivity index (χ4n) is 3.12. The molecule has 110 valence electrons. The quantitative estimate of drug-likeness (QED) is 0.649. The summed E-state index contributed by atoms with van der Waals surface area (Å²) >= 11 is 0. The number of hydrogen-bond acceptors (Lipinski definition) is 3. The monoisotopic (exact) mass is 276 g/mol. The zero-order chi connectivity index (χ0) is 14.9. The van der Waals surface area contributed by atoms with Gasteiger partial charge in [-0.25, -0.2) is 0 Å². The van der Waals surface area contributed by atoms with E-state index in [-0.39, 0.29) is 28.9 Å². The fourth-order valence-corrected chi connectivity index (χ4v) is 3.12. The van der Waals surface area contributed by atoms with Gasteiger partial charge < -0.3 is 14.9 Å². The molecule has 0 heterocycles. The Balaban J connectivity index is 2.48. The summed E-state index contributed by atoms with van der Waals surface area (Å²) in [6.45, 7) is 6.28. The van der Waals surface area contributed by atoms with Crippen molar-refractivity contribution in [3.63, 3.8) is 0 Å². The Hall–Kier alpha value is -1.48. The number of benzene rings is 1. The van der Waals surface area contributed by atoms with Crippen LogP contribution in [0.25, 0.3) is 0 Å². The number of ether oxygens (including phenoxy) is 1. The molecular formula is C17H24O3. The Bertz CT molecular complexity index is 517. The molecule has 0 radical (unpaired) electrons. The molecule has 2 rings (SSSR count). The molecule has 1 aliphatic carbocycles. The minimum Gasteiger partial charge on any atom is -0.508 e. The van der Waals surface area contributed by atoms with E-state index < -0.39 is 0 Å². The smallest absolute Gasteiger partial charge is 0.119 e. The van der Waals surface area contributed by atoms with Crippen LogP contribution in [0, 0.1) is 5.92 Å². The van der Waals surface area contributed by atoms with E-state index in [0.717, 1.165) is 18.4 Å². The zero-order valence-corrected chi connectivity index (χ0v) is 12.7. The summed E-state index contributed by atoms with van der Waals surface area (Å²) in [6.07, 6.45) is 4.26. The largest absolute Gasteiger partial charge is 0.508 e. The first-order valence-corrected chi connectivity index (χ1v) is 7.09. The van der Waals surface area contributed by atoms with Crippen LogP contribution >= 0.6 is 0 Å². The highest BCUT2D eigenvalue weighted by atomic mass is 16.5. The van der Waals surface area contributed by atoms with Gasteiger partial charge in [0.25, 0.3) is 0 Å². The lowest BCUT2D eigenvalue weighted by molar-refractivity contribution is -0.0375. The van der Waals surface area contributed by atoms with Crippen LogP contribution in [0.5, 0.6) is 11.5 Å². The molecule has 0 amide bonds. The van der Waals surface area contributed by atoms with Gasteiger partial charge in [0.2, 0.25) is 0 Å². The SMILES string of the molecule is COC(C)(C)[C@@H]1CCC(C)=C[C@H]1c1cc(O)ccc1O. The number of hydrogen-bond donors (Lipinski definition) is 2. The topological polar surface area (TPSA) is 49.7 Å². The van der Waals surface area contributed by atoms with Gasteiger partial charge in [-0.1, -0.05) is 11.6 Å². The van der Waals surface area contributed by atoms with E-state index >= 15 is 0 Å². The van der Waals surface area contributed by atoms with Crippen molar-refractivity contribution in [2.75, 3.05) is 7.11 Å². The van der Waals surface area contributed by atoms with Crippen molar-refractivity contribution in [1.29, 1.82) is 0 Å². The fraction of sp³-hybridized carbons (Fsp3) is 0.529. The van der Waals surface area contributed by atoms with Crippen LogP contribution in [-0.4, -0.2) is 22.9 Å². The minimum absolute atomic E-state index is 0.0609. The van der Waals surface area contributed by atoms with Gasteiger partial charge in [-0.05, 0) is 57.7 Å². The van der Waals surface area contributed by atoms with Crippen LogP contribution in [0.1, 0.15) is 45.1 Å². The Morgan fingerprint density at radius 1 is 1.25 bits per heavy atom. The molecule has 2 atom stereocenters. The van der Waals surface area contributed by atoms with Crippen LogP contribution in [0.4, 0.5) is 0 Å². The van der Waals surface area contributed by atoms with Gasteiger partial charge in [0, 0.05) is 18.6 Å². The Kier molecular flexibility index (Phi) is 4.09. The summed E-state index contributed by atoms with van der Waals surface area (Å²) in [5.41, 5.74) is 1.82. The highest BCUT2D eigenvalue weighted by molar-refractivity contribution is 5.44. The number of phenolic OH excluding ortho intramolecular Hbond substituents is 2. The number of methoxy groups -OCH3 is 1. The maximum Gasteiger partial charge on any atom is 0.119 e. The Morgan fingerprint density at radius 3 is 2.60 bits per heavy atom. The van der Waals surface area contributed by atoms with E-state index in [9.17, 15) is 10.2 Å². The first kappa shape index (κ1) is 14.9. The molecule has 1 aromatic rings. The number of rotatable bonds is 3. The van der Waals surface area contributed by atoms with Gasteiger partial charge in [-0.15, -0.1) is 0 Å². The summed E-state index contributed by atoms with van der Waals surface area (Å²) in [5, 5.41) is 19.9. The van der Waals surface area contributed by atoms with Crippen molar-refractivity contribution < 1.29 is 14.9 Å². The molecule has 20 heavy (non-hydrogen) atoms. The molecule has 0 unspecified atom stereocenters. The molecule has 0 aliphatic heterocycles. The average molecular weight is 276 g/mol. The molecule has 0 aromatic heterocycles. The summed E-state index contributed by atoms with van der Waals surface area (Å²) in [7, 11) is 1.73. The van der Waals surface area contributed by atoms with E-state index in [1.165, 1.54) is 11.6 Å². The number of allylic oxidation sites excluding steroid dienone is 2. The van der Waals surface area contributed by atoms with Gasteiger partial charge in [0.05, 0.1) is 5.60 Å². The van der Waals surface area contributed by atoms with Gasteiger partial charge in [-0.2, -0.15) is 0 Å². The second kappa shape index (κ2) is 5.49. The summed E-state index contributed by atoms with van der Waals surface area (Å²) in [4.78, 5) is 0. The maximum atomic E-state index is 10.1. The molecule has 0 spiro atoms. The summed E-state index contributed by atoms with van der Waals surface area (Å²) in [6, 6.07) is 4.72. The molecular weight excluding hydrogens is 252 g/mol. The standard InChI is InChI=1S/C17H24O3/c1-11-5-7-15(17(2,3)20-4)13(9-11)14-10-12(18)6-8-16(14)19/h6,8-10,13,15,18-19H,5,7H2,1-4H3/t13-,15+/m0/s1. The molecule has 2 N–H and O–H groups in total. The third-order valence-electron chi connectivity index (χ3n) is 4.54. The van der Waals surface area contributed by atoms with Crippen molar-refractivity contribution in [2.24, 2.45) is 5.92 Å². The predicted molar refractivity (Wildman–Crippen MR) is 80.1 cm³/mol. The second-order valence-corrected chi connectivity index (χ2v) is 6.23. The molecule has 1 aliphatic rings. The van der Waals surface area contributed by atoms with E-state index in [1.807, 2.05) is 0 Å². The summed E-state index contributed by atoms with van der Waals surface area (Å²) < 4.78 is 5.66. The lowest BCUT2D eigenvalue weighted by atomic mass is 9.70. The molecule has 1 aromatic carbocycles. The number of aromatic hydroxyl groups is 2. The van der Waals surface area contributed by atoms with E-state index in [4.69, 9.17) is 4.74 Å². The lowest BCUT2D eigenvalue weighted by Crippen LogP contribution is -2.38. The van der Waals surface area contributed by atoms with Crippen molar-refractivity contribution >= 4 is 0 Å². The summed E-state index contributed by atoms with van der Waals surface area (Å²) in [5.74, 6) is 0.744. The van der Waals surface area contributed by atoms with Crippen molar-refractivity contribution in [2.45, 2.75) is 45.1 Å². The number of phenols is 2. The first-order chi connectivity index (χ1) is 9.35. The third kappa shape index (κ3) is 2.83. The molecule has 0 saturated heterocycles. The highest BCUT2D eigenvalue weighted by Crippen LogP contribution is 2.46. The molecule has 3 heteroatoms. The molecule has 3 nitrogen and oxygen atoms in total. The zero-order valence-electron chi connectivity index (χ0n) is 12.7. The maximum absolute atomic E-state index is 10.1. The Labute approximate surface area is 120 Å². The normalized spacial score (nSPS) is 23.5. The van der Waals surface area contributed by atoms with Crippen molar-refractivity contribution in [3.8, 4) is 11.5 Å². The van der Waals surface area contributed by atoms with Crippen LogP contribution in [0.3, 0.4) is 0 Å². The Morgan fingerprint density at radius 2 is 1.95 bits per heavy atom. The minimum atomic E-state index is -0.278. The van der Waals surface area contributed by atoms with Gasteiger partial charge in [0.15, 0.2) is 0 Å². The lowest BCUT2D eigenvalue weighted by Gasteiger charge is -2.40. The predicted octanol–water partition coefficient (Wildman–Crippen LogP) is 3.96. The third-order valence-corrected chi connectivity index (χ3v) is 4.54. The van der Waals surface area contributed by atoms with Crippen LogP contribution in [0.15, 0.2) is 29.8 Å². The molecule has 0 bridgehead atoms. The van der Waals surface area contributed by atoms with Crippen molar-refractivity contribution in [3.05, 3.63) is 35.4 Å². The van der Waals surface area contributed by atoms with E-state index in [1.54, 1.807) is 19.2 Å². The van der Waals surface area contributed by atoms with Crippen LogP contribution in [-0.2, 0) is 4.74 Å². The van der Waals surface area contributed by atoms with Crippen molar-refractivity contribution in [1.82, 2.24) is 0 Å². The van der Waals surface area contributed by atoms with Gasteiger partial charge in [0.1, 0.15) is 11.5 Å². The second-order valence-electron chi connectivity index (χ2n) is 6.23. The van der Waals surface area contributed by atoms with Crippen LogP contribution < -0.4 is 0 Å². The molecule has 0 saturated carbocycles. The van der Waals surface area contributed by atoms with Crippen LogP contribution in [0.2, 0.25) is 0 Å². The molecule has 0 fully saturated rings. The average Bonchev–Trinajstić information content (AvgIpc) is 2.41.